The molecule has 1 aromatic rings. The number of nitrogens with one attached hydrogen (secondary N) is 1. The molecule has 0 atom stereocenters. The summed E-state index contributed by atoms with van der Waals surface area (Å²) in [6, 6.07) is 0. The van der Waals surface area contributed by atoms with Gasteiger partial charge >= 0.3 is 0 Å². The highest BCUT2D eigenvalue weighted by atomic mass is 32.1. The molecule has 0 aliphatic heterocycles. The SMILES string of the molecule is CNCc1nc(C)c(C(C)C)s1. The van der Waals surface area contributed by atoms with Gasteiger partial charge in [0, 0.05) is 11.4 Å². The van der Waals surface area contributed by atoms with E-state index in [0.717, 1.165) is 6.54 Å². The summed E-state index contributed by atoms with van der Waals surface area (Å²) in [4.78, 5) is 5.89. The van der Waals surface area contributed by atoms with Gasteiger partial charge in [-0.1, -0.05) is 13.8 Å². The van der Waals surface area contributed by atoms with Crippen LogP contribution in [-0.2, 0) is 6.54 Å². The summed E-state index contributed by atoms with van der Waals surface area (Å²) in [7, 11) is 1.95. The molecule has 1 N–H and O–H groups in total. The molecular formula is C9H16N2S. The van der Waals surface area contributed by atoms with Crippen LogP contribution in [0.1, 0.15) is 35.3 Å². The minimum atomic E-state index is 0.605. The number of hydrogen-bond acceptors (Lipinski definition) is 3. The topological polar surface area (TPSA) is 24.9 Å². The lowest BCUT2D eigenvalue weighted by molar-refractivity contribution is 0.805. The Hall–Kier alpha value is -0.410. The van der Waals surface area contributed by atoms with Crippen LogP contribution >= 0.6 is 11.3 Å². The number of aromatic nitrogens is 1. The Morgan fingerprint density at radius 1 is 1.50 bits per heavy atom. The first-order valence-corrected chi connectivity index (χ1v) is 5.07. The van der Waals surface area contributed by atoms with Crippen molar-refractivity contribution in [3.63, 3.8) is 0 Å². The van der Waals surface area contributed by atoms with Crippen LogP contribution in [0.15, 0.2) is 0 Å². The van der Waals surface area contributed by atoms with Crippen LogP contribution in [0.3, 0.4) is 0 Å². The van der Waals surface area contributed by atoms with Crippen molar-refractivity contribution in [3.05, 3.63) is 15.6 Å². The van der Waals surface area contributed by atoms with Crippen LogP contribution in [0.4, 0.5) is 0 Å². The zero-order chi connectivity index (χ0) is 9.14. The van der Waals surface area contributed by atoms with Gasteiger partial charge in [-0.15, -0.1) is 11.3 Å². The molecule has 0 radical (unpaired) electrons. The molecular weight excluding hydrogens is 168 g/mol. The smallest absolute Gasteiger partial charge is 0.107 e. The van der Waals surface area contributed by atoms with Crippen LogP contribution in [-0.4, -0.2) is 12.0 Å². The van der Waals surface area contributed by atoms with Crippen LogP contribution in [0.5, 0.6) is 0 Å². The third-order valence-electron chi connectivity index (χ3n) is 1.73. The molecule has 0 amide bonds. The van der Waals surface area contributed by atoms with E-state index in [1.807, 2.05) is 18.4 Å². The van der Waals surface area contributed by atoms with Crippen LogP contribution in [0, 0.1) is 6.92 Å². The molecule has 0 saturated carbocycles. The number of hydrogen-bond donors (Lipinski definition) is 1. The van der Waals surface area contributed by atoms with Crippen LogP contribution in [0.25, 0.3) is 0 Å². The van der Waals surface area contributed by atoms with Gasteiger partial charge in [-0.2, -0.15) is 0 Å². The Bertz CT molecular complexity index is 253. The van der Waals surface area contributed by atoms with Crippen LogP contribution < -0.4 is 5.32 Å². The van der Waals surface area contributed by atoms with Crippen molar-refractivity contribution in [1.82, 2.24) is 10.3 Å². The highest BCUT2D eigenvalue weighted by Crippen LogP contribution is 2.25. The standard InChI is InChI=1S/C9H16N2S/c1-6(2)9-7(3)11-8(12-9)5-10-4/h6,10H,5H2,1-4H3. The van der Waals surface area contributed by atoms with Gasteiger partial charge in [-0.3, -0.25) is 0 Å². The average Bonchev–Trinajstić information content (AvgIpc) is 2.32. The van der Waals surface area contributed by atoms with E-state index in [4.69, 9.17) is 0 Å². The van der Waals surface area contributed by atoms with E-state index < -0.39 is 0 Å². The molecule has 1 aromatic heterocycles. The first-order chi connectivity index (χ1) is 5.65. The van der Waals surface area contributed by atoms with E-state index in [0.29, 0.717) is 5.92 Å². The Balaban J connectivity index is 2.85. The van der Waals surface area contributed by atoms with Crippen molar-refractivity contribution in [2.45, 2.75) is 33.2 Å². The molecule has 0 aromatic carbocycles. The molecule has 0 saturated heterocycles. The van der Waals surface area contributed by atoms with Gasteiger partial charge in [-0.25, -0.2) is 4.98 Å². The van der Waals surface area contributed by atoms with E-state index in [-0.39, 0.29) is 0 Å². The number of aryl methyl sites for hydroxylation is 1. The lowest BCUT2D eigenvalue weighted by Gasteiger charge is -1.99. The predicted molar refractivity (Wildman–Crippen MR) is 53.7 cm³/mol. The summed E-state index contributed by atoms with van der Waals surface area (Å²) in [5.41, 5.74) is 1.19. The zero-order valence-electron chi connectivity index (χ0n) is 8.14. The van der Waals surface area contributed by atoms with Gasteiger partial charge in [0.1, 0.15) is 5.01 Å². The first kappa shape index (κ1) is 9.68. The van der Waals surface area contributed by atoms with E-state index >= 15 is 0 Å². The third kappa shape index (κ3) is 2.05. The predicted octanol–water partition coefficient (Wildman–Crippen LogP) is 2.29. The minimum absolute atomic E-state index is 0.605. The second-order valence-corrected chi connectivity index (χ2v) is 4.36. The molecule has 0 bridgehead atoms. The van der Waals surface area contributed by atoms with Gasteiger partial charge in [0.15, 0.2) is 0 Å². The molecule has 0 aliphatic carbocycles. The lowest BCUT2D eigenvalue weighted by atomic mass is 10.1. The number of nitrogens with zero attached hydrogens (tertiary/aromatic N) is 1. The summed E-state index contributed by atoms with van der Waals surface area (Å²) >= 11 is 1.82. The van der Waals surface area contributed by atoms with E-state index in [2.05, 4.69) is 31.1 Å². The Labute approximate surface area is 78.0 Å². The van der Waals surface area contributed by atoms with Gasteiger partial charge in [0.25, 0.3) is 0 Å². The normalized spacial score (nSPS) is 11.1. The van der Waals surface area contributed by atoms with Crippen molar-refractivity contribution in [3.8, 4) is 0 Å². The highest BCUT2D eigenvalue weighted by Gasteiger charge is 2.09. The van der Waals surface area contributed by atoms with Crippen LogP contribution in [0.2, 0.25) is 0 Å². The second kappa shape index (κ2) is 4.01. The van der Waals surface area contributed by atoms with Crippen molar-refractivity contribution in [2.75, 3.05) is 7.05 Å². The molecule has 1 heterocycles. The monoisotopic (exact) mass is 184 g/mol. The summed E-state index contributed by atoms with van der Waals surface area (Å²) in [5, 5.41) is 4.30. The fourth-order valence-electron chi connectivity index (χ4n) is 1.23. The van der Waals surface area contributed by atoms with Gasteiger partial charge < -0.3 is 5.32 Å². The maximum Gasteiger partial charge on any atom is 0.107 e. The minimum Gasteiger partial charge on any atom is -0.314 e. The van der Waals surface area contributed by atoms with E-state index in [1.54, 1.807) is 0 Å². The average molecular weight is 184 g/mol. The number of thiazole rings is 1. The molecule has 2 nitrogen and oxygen atoms in total. The fraction of sp³-hybridized carbons (Fsp3) is 0.667. The lowest BCUT2D eigenvalue weighted by Crippen LogP contribution is -2.04. The number of rotatable bonds is 3. The quantitative estimate of drug-likeness (QED) is 0.779. The van der Waals surface area contributed by atoms with Gasteiger partial charge in [0.05, 0.1) is 5.69 Å². The Morgan fingerprint density at radius 2 is 2.17 bits per heavy atom. The van der Waals surface area contributed by atoms with Crippen molar-refractivity contribution < 1.29 is 0 Å². The summed E-state index contributed by atoms with van der Waals surface area (Å²) < 4.78 is 0. The molecule has 1 rings (SSSR count). The maximum absolute atomic E-state index is 4.48. The summed E-state index contributed by atoms with van der Waals surface area (Å²) in [6.45, 7) is 7.40. The molecule has 3 heteroatoms. The first-order valence-electron chi connectivity index (χ1n) is 4.26. The maximum atomic E-state index is 4.48. The zero-order valence-corrected chi connectivity index (χ0v) is 8.96. The van der Waals surface area contributed by atoms with Crippen molar-refractivity contribution >= 4 is 11.3 Å². The van der Waals surface area contributed by atoms with E-state index in [9.17, 15) is 0 Å². The Morgan fingerprint density at radius 3 is 2.58 bits per heavy atom. The molecule has 68 valence electrons. The van der Waals surface area contributed by atoms with Gasteiger partial charge in [0.2, 0.25) is 0 Å². The molecule has 0 aliphatic rings. The molecule has 12 heavy (non-hydrogen) atoms. The molecule has 0 unspecified atom stereocenters. The summed E-state index contributed by atoms with van der Waals surface area (Å²) in [5.74, 6) is 0.605. The van der Waals surface area contributed by atoms with Crippen molar-refractivity contribution in [1.29, 1.82) is 0 Å². The highest BCUT2D eigenvalue weighted by molar-refractivity contribution is 7.11. The molecule has 0 fully saturated rings. The second-order valence-electron chi connectivity index (χ2n) is 3.24. The largest absolute Gasteiger partial charge is 0.314 e. The third-order valence-corrected chi connectivity index (χ3v) is 3.19. The molecule has 0 spiro atoms. The van der Waals surface area contributed by atoms with E-state index in [1.165, 1.54) is 15.6 Å². The van der Waals surface area contributed by atoms with Gasteiger partial charge in [-0.05, 0) is 19.9 Å². The summed E-state index contributed by atoms with van der Waals surface area (Å²) in [6.07, 6.45) is 0. The Kier molecular flexibility index (Phi) is 3.23. The fourth-order valence-corrected chi connectivity index (χ4v) is 2.31. The van der Waals surface area contributed by atoms with Crippen molar-refractivity contribution in [2.24, 2.45) is 0 Å².